The Morgan fingerprint density at radius 2 is 2.29 bits per heavy atom. The number of ether oxygens (including phenoxy) is 1. The van der Waals surface area contributed by atoms with Crippen LogP contribution in [0.2, 0.25) is 0 Å². The standard InChI is InChI=1S/C13H19NO3/c1-6-7-8-16-11(15)13(5)9-10(14-17-13)12(2,3)4/h1H,7-9H2,2-5H3. The van der Waals surface area contributed by atoms with Crippen molar-refractivity contribution in [1.82, 2.24) is 0 Å². The average Bonchev–Trinajstić information content (AvgIpc) is 2.62. The van der Waals surface area contributed by atoms with Gasteiger partial charge < -0.3 is 9.57 Å². The van der Waals surface area contributed by atoms with Crippen molar-refractivity contribution < 1.29 is 14.4 Å². The normalized spacial score (nSPS) is 23.6. The van der Waals surface area contributed by atoms with Crippen LogP contribution < -0.4 is 0 Å². The van der Waals surface area contributed by atoms with Crippen molar-refractivity contribution in [3.05, 3.63) is 0 Å². The Morgan fingerprint density at radius 3 is 2.76 bits per heavy atom. The second kappa shape index (κ2) is 4.79. The highest BCUT2D eigenvalue weighted by Crippen LogP contribution is 2.32. The molecule has 1 unspecified atom stereocenters. The molecule has 0 bridgehead atoms. The third-order valence-corrected chi connectivity index (χ3v) is 2.64. The SMILES string of the molecule is C#CCCOC(=O)C1(C)CC(C(C)(C)C)=NO1. The minimum absolute atomic E-state index is 0.100. The molecule has 0 fully saturated rings. The monoisotopic (exact) mass is 237 g/mol. The second-order valence-corrected chi connectivity index (χ2v) is 5.38. The quantitative estimate of drug-likeness (QED) is 0.429. The van der Waals surface area contributed by atoms with E-state index in [9.17, 15) is 4.79 Å². The molecule has 0 aromatic rings. The lowest BCUT2D eigenvalue weighted by Gasteiger charge is -2.21. The minimum atomic E-state index is -1.00. The number of terminal acetylenes is 1. The summed E-state index contributed by atoms with van der Waals surface area (Å²) < 4.78 is 5.05. The second-order valence-electron chi connectivity index (χ2n) is 5.38. The van der Waals surface area contributed by atoms with Gasteiger partial charge in [-0.25, -0.2) is 4.79 Å². The van der Waals surface area contributed by atoms with Crippen LogP contribution in [0.5, 0.6) is 0 Å². The summed E-state index contributed by atoms with van der Waals surface area (Å²) in [6, 6.07) is 0. The van der Waals surface area contributed by atoms with Gasteiger partial charge >= 0.3 is 5.97 Å². The fourth-order valence-electron chi connectivity index (χ4n) is 1.41. The van der Waals surface area contributed by atoms with Gasteiger partial charge in [0.1, 0.15) is 6.61 Å². The highest BCUT2D eigenvalue weighted by Gasteiger charge is 2.45. The van der Waals surface area contributed by atoms with E-state index >= 15 is 0 Å². The van der Waals surface area contributed by atoms with Crippen LogP contribution in [-0.4, -0.2) is 23.9 Å². The zero-order valence-corrected chi connectivity index (χ0v) is 10.9. The number of oxime groups is 1. The van der Waals surface area contributed by atoms with Crippen LogP contribution in [0.1, 0.15) is 40.5 Å². The summed E-state index contributed by atoms with van der Waals surface area (Å²) in [4.78, 5) is 17.1. The van der Waals surface area contributed by atoms with Gasteiger partial charge in [0, 0.05) is 18.3 Å². The van der Waals surface area contributed by atoms with Gasteiger partial charge in [-0.3, -0.25) is 0 Å². The summed E-state index contributed by atoms with van der Waals surface area (Å²) in [5.74, 6) is 2.01. The molecule has 1 aliphatic heterocycles. The zero-order chi connectivity index (χ0) is 13.1. The third-order valence-electron chi connectivity index (χ3n) is 2.64. The molecular formula is C13H19NO3. The summed E-state index contributed by atoms with van der Waals surface area (Å²) in [7, 11) is 0. The Labute approximate surface area is 102 Å². The first kappa shape index (κ1) is 13.6. The molecule has 0 saturated carbocycles. The number of carbonyl (C=O) groups is 1. The molecule has 0 saturated heterocycles. The molecule has 0 N–H and O–H groups in total. The van der Waals surface area contributed by atoms with Crippen LogP contribution in [0, 0.1) is 17.8 Å². The van der Waals surface area contributed by atoms with Crippen LogP contribution in [0.3, 0.4) is 0 Å². The number of nitrogens with zero attached hydrogens (tertiary/aromatic N) is 1. The Hall–Kier alpha value is -1.50. The zero-order valence-electron chi connectivity index (χ0n) is 10.9. The first-order valence-electron chi connectivity index (χ1n) is 5.66. The molecule has 17 heavy (non-hydrogen) atoms. The van der Waals surface area contributed by atoms with Gasteiger partial charge in [-0.2, -0.15) is 0 Å². The molecule has 0 radical (unpaired) electrons. The number of hydrogen-bond acceptors (Lipinski definition) is 4. The van der Waals surface area contributed by atoms with E-state index in [-0.39, 0.29) is 12.0 Å². The minimum Gasteiger partial charge on any atom is -0.462 e. The van der Waals surface area contributed by atoms with Gasteiger partial charge in [-0.15, -0.1) is 12.3 Å². The van der Waals surface area contributed by atoms with Crippen LogP contribution in [0.4, 0.5) is 0 Å². The van der Waals surface area contributed by atoms with Crippen LogP contribution in [0.15, 0.2) is 5.16 Å². The van der Waals surface area contributed by atoms with Crippen molar-refractivity contribution in [1.29, 1.82) is 0 Å². The first-order valence-corrected chi connectivity index (χ1v) is 5.66. The van der Waals surface area contributed by atoms with Gasteiger partial charge in [0.25, 0.3) is 0 Å². The predicted octanol–water partition coefficient (Wildman–Crippen LogP) is 2.13. The van der Waals surface area contributed by atoms with E-state index in [0.717, 1.165) is 5.71 Å². The summed E-state index contributed by atoms with van der Waals surface area (Å²) in [5.41, 5.74) is -0.234. The summed E-state index contributed by atoms with van der Waals surface area (Å²) in [6.45, 7) is 8.01. The predicted molar refractivity (Wildman–Crippen MR) is 65.4 cm³/mol. The van der Waals surface area contributed by atoms with E-state index in [1.54, 1.807) is 6.92 Å². The molecule has 0 amide bonds. The van der Waals surface area contributed by atoms with Gasteiger partial charge in [0.05, 0.1) is 5.71 Å². The van der Waals surface area contributed by atoms with E-state index < -0.39 is 11.6 Å². The van der Waals surface area contributed by atoms with Gasteiger partial charge in [0.15, 0.2) is 0 Å². The maximum atomic E-state index is 11.8. The molecule has 1 aliphatic rings. The number of rotatable bonds is 3. The lowest BCUT2D eigenvalue weighted by atomic mass is 9.84. The molecule has 4 nitrogen and oxygen atoms in total. The van der Waals surface area contributed by atoms with Crippen molar-refractivity contribution >= 4 is 11.7 Å². The highest BCUT2D eigenvalue weighted by molar-refractivity contribution is 5.96. The molecule has 1 rings (SSSR count). The molecule has 0 spiro atoms. The van der Waals surface area contributed by atoms with Crippen molar-refractivity contribution in [3.63, 3.8) is 0 Å². The molecule has 0 aliphatic carbocycles. The van der Waals surface area contributed by atoms with E-state index in [0.29, 0.717) is 12.8 Å². The number of carbonyl (C=O) groups excluding carboxylic acids is 1. The lowest BCUT2D eigenvalue weighted by molar-refractivity contribution is -0.167. The molecule has 94 valence electrons. The lowest BCUT2D eigenvalue weighted by Crippen LogP contribution is -2.38. The molecule has 1 heterocycles. The number of esters is 1. The highest BCUT2D eigenvalue weighted by atomic mass is 16.7. The van der Waals surface area contributed by atoms with Gasteiger partial charge in [0.2, 0.25) is 5.60 Å². The third kappa shape index (κ3) is 3.23. The van der Waals surface area contributed by atoms with E-state index in [2.05, 4.69) is 11.1 Å². The van der Waals surface area contributed by atoms with E-state index in [4.69, 9.17) is 16.0 Å². The first-order chi connectivity index (χ1) is 7.79. The van der Waals surface area contributed by atoms with E-state index in [1.807, 2.05) is 20.8 Å². The van der Waals surface area contributed by atoms with Crippen molar-refractivity contribution in [2.75, 3.05) is 6.61 Å². The average molecular weight is 237 g/mol. The van der Waals surface area contributed by atoms with Crippen molar-refractivity contribution in [2.45, 2.75) is 46.1 Å². The number of hydrogen-bond donors (Lipinski definition) is 0. The maximum Gasteiger partial charge on any atom is 0.353 e. The van der Waals surface area contributed by atoms with Crippen LogP contribution >= 0.6 is 0 Å². The summed E-state index contributed by atoms with van der Waals surface area (Å²) >= 11 is 0. The molecular weight excluding hydrogens is 218 g/mol. The topological polar surface area (TPSA) is 47.9 Å². The fourth-order valence-corrected chi connectivity index (χ4v) is 1.41. The Balaban J connectivity index is 2.57. The Morgan fingerprint density at radius 1 is 1.65 bits per heavy atom. The van der Waals surface area contributed by atoms with Gasteiger partial charge in [-0.05, 0) is 6.92 Å². The molecule has 1 atom stereocenters. The van der Waals surface area contributed by atoms with Crippen molar-refractivity contribution in [2.24, 2.45) is 10.6 Å². The largest absolute Gasteiger partial charge is 0.462 e. The molecule has 0 aromatic heterocycles. The van der Waals surface area contributed by atoms with E-state index in [1.165, 1.54) is 0 Å². The van der Waals surface area contributed by atoms with Gasteiger partial charge in [-0.1, -0.05) is 25.9 Å². The Bertz CT molecular complexity index is 373. The fraction of sp³-hybridized carbons (Fsp3) is 0.692. The molecule has 4 heteroatoms. The maximum absolute atomic E-state index is 11.8. The Kier molecular flexibility index (Phi) is 3.82. The van der Waals surface area contributed by atoms with Crippen LogP contribution in [0.25, 0.3) is 0 Å². The van der Waals surface area contributed by atoms with Crippen molar-refractivity contribution in [3.8, 4) is 12.3 Å². The smallest absolute Gasteiger partial charge is 0.353 e. The summed E-state index contributed by atoms with van der Waals surface area (Å²) in [5, 5.41) is 3.98. The summed E-state index contributed by atoms with van der Waals surface area (Å²) in [6.07, 6.45) is 5.96. The molecule has 0 aromatic carbocycles. The van der Waals surface area contributed by atoms with Crippen LogP contribution in [-0.2, 0) is 14.4 Å².